The van der Waals surface area contributed by atoms with Gasteiger partial charge in [-0.05, 0) is 24.1 Å². The molecule has 0 aliphatic rings. The van der Waals surface area contributed by atoms with Crippen LogP contribution in [0, 0.1) is 11.3 Å². The van der Waals surface area contributed by atoms with Crippen molar-refractivity contribution in [2.24, 2.45) is 5.16 Å². The topological polar surface area (TPSA) is 68.4 Å². The number of rotatable bonds is 5. The SMILES string of the molecule is CCC(=NO)C(NCC#N)c1ccc(Br)cc1. The zero-order chi connectivity index (χ0) is 12.7. The summed E-state index contributed by atoms with van der Waals surface area (Å²) in [6.07, 6.45) is 0.621. The lowest BCUT2D eigenvalue weighted by Crippen LogP contribution is -2.28. The van der Waals surface area contributed by atoms with Crippen LogP contribution in [0.1, 0.15) is 24.9 Å². The summed E-state index contributed by atoms with van der Waals surface area (Å²) >= 11 is 3.37. The van der Waals surface area contributed by atoms with Crippen molar-refractivity contribution >= 4 is 21.6 Å². The molecule has 5 heteroatoms. The minimum absolute atomic E-state index is 0.208. The van der Waals surface area contributed by atoms with Gasteiger partial charge in [0, 0.05) is 4.47 Å². The first-order valence-electron chi connectivity index (χ1n) is 5.29. The lowest BCUT2D eigenvalue weighted by molar-refractivity contribution is 0.314. The van der Waals surface area contributed by atoms with Crippen molar-refractivity contribution in [3.8, 4) is 6.07 Å². The van der Waals surface area contributed by atoms with Gasteiger partial charge in [-0.3, -0.25) is 5.32 Å². The van der Waals surface area contributed by atoms with E-state index in [1.807, 2.05) is 37.3 Å². The van der Waals surface area contributed by atoms with Crippen LogP contribution in [0.25, 0.3) is 0 Å². The smallest absolute Gasteiger partial charge is 0.0848 e. The Balaban J connectivity index is 2.97. The van der Waals surface area contributed by atoms with E-state index in [0.717, 1.165) is 10.0 Å². The molecule has 0 fully saturated rings. The van der Waals surface area contributed by atoms with Crippen molar-refractivity contribution < 1.29 is 5.21 Å². The Labute approximate surface area is 109 Å². The third kappa shape index (κ3) is 3.84. The molecule has 0 aliphatic carbocycles. The van der Waals surface area contributed by atoms with Gasteiger partial charge in [0.25, 0.3) is 0 Å². The van der Waals surface area contributed by atoms with Crippen LogP contribution < -0.4 is 5.32 Å². The van der Waals surface area contributed by atoms with Crippen molar-refractivity contribution in [2.75, 3.05) is 6.54 Å². The zero-order valence-electron chi connectivity index (χ0n) is 9.52. The number of nitrogens with one attached hydrogen (secondary N) is 1. The third-order valence-corrected chi connectivity index (χ3v) is 2.94. The van der Waals surface area contributed by atoms with Gasteiger partial charge in [0.2, 0.25) is 0 Å². The molecule has 4 nitrogen and oxygen atoms in total. The van der Waals surface area contributed by atoms with E-state index >= 15 is 0 Å². The maximum absolute atomic E-state index is 8.97. The molecule has 1 unspecified atom stereocenters. The Morgan fingerprint density at radius 3 is 2.65 bits per heavy atom. The number of hydrogen-bond acceptors (Lipinski definition) is 4. The van der Waals surface area contributed by atoms with E-state index in [4.69, 9.17) is 10.5 Å². The molecule has 1 rings (SSSR count). The Kier molecular flexibility index (Phi) is 5.67. The number of nitriles is 1. The Hall–Kier alpha value is -1.38. The fraction of sp³-hybridized carbons (Fsp3) is 0.333. The van der Waals surface area contributed by atoms with Crippen LogP contribution in [0.5, 0.6) is 0 Å². The standard InChI is InChI=1S/C12H14BrN3O/c1-2-11(16-17)12(15-8-7-14)9-3-5-10(13)6-4-9/h3-6,12,15,17H,2,8H2,1H3. The lowest BCUT2D eigenvalue weighted by atomic mass is 10.0. The molecule has 0 heterocycles. The van der Waals surface area contributed by atoms with Crippen LogP contribution >= 0.6 is 15.9 Å². The Morgan fingerprint density at radius 2 is 2.18 bits per heavy atom. The molecular weight excluding hydrogens is 282 g/mol. The summed E-state index contributed by atoms with van der Waals surface area (Å²) in [5, 5.41) is 23.9. The molecule has 90 valence electrons. The molecule has 1 aromatic carbocycles. The number of nitrogens with zero attached hydrogens (tertiary/aromatic N) is 2. The molecule has 0 bridgehead atoms. The van der Waals surface area contributed by atoms with Crippen molar-refractivity contribution in [1.82, 2.24) is 5.32 Å². The average Bonchev–Trinajstić information content (AvgIpc) is 2.36. The molecule has 1 atom stereocenters. The van der Waals surface area contributed by atoms with Crippen LogP contribution in [-0.4, -0.2) is 17.5 Å². The van der Waals surface area contributed by atoms with E-state index in [0.29, 0.717) is 12.1 Å². The highest BCUT2D eigenvalue weighted by molar-refractivity contribution is 9.10. The van der Waals surface area contributed by atoms with Gasteiger partial charge < -0.3 is 5.21 Å². The van der Waals surface area contributed by atoms with Crippen LogP contribution in [0.15, 0.2) is 33.9 Å². The second-order valence-corrected chi connectivity index (χ2v) is 4.38. The first-order chi connectivity index (χ1) is 8.22. The molecule has 2 N–H and O–H groups in total. The number of hydrogen-bond donors (Lipinski definition) is 2. The molecular formula is C12H14BrN3O. The Bertz CT molecular complexity index is 422. The summed E-state index contributed by atoms with van der Waals surface area (Å²) in [6.45, 7) is 2.12. The van der Waals surface area contributed by atoms with Crippen molar-refractivity contribution in [3.63, 3.8) is 0 Å². The summed E-state index contributed by atoms with van der Waals surface area (Å²) in [7, 11) is 0. The van der Waals surface area contributed by atoms with Crippen molar-refractivity contribution in [3.05, 3.63) is 34.3 Å². The maximum Gasteiger partial charge on any atom is 0.0848 e. The monoisotopic (exact) mass is 295 g/mol. The van der Waals surface area contributed by atoms with E-state index in [9.17, 15) is 0 Å². The second kappa shape index (κ2) is 7.05. The molecule has 0 saturated heterocycles. The molecule has 0 spiro atoms. The van der Waals surface area contributed by atoms with Gasteiger partial charge in [-0.1, -0.05) is 40.1 Å². The minimum Gasteiger partial charge on any atom is -0.411 e. The van der Waals surface area contributed by atoms with Crippen molar-refractivity contribution in [1.29, 1.82) is 5.26 Å². The summed E-state index contributed by atoms with van der Waals surface area (Å²) < 4.78 is 0.985. The first-order valence-corrected chi connectivity index (χ1v) is 6.08. The first kappa shape index (κ1) is 13.7. The molecule has 0 radical (unpaired) electrons. The molecule has 0 amide bonds. The molecule has 0 aliphatic heterocycles. The van der Waals surface area contributed by atoms with E-state index in [-0.39, 0.29) is 12.6 Å². The second-order valence-electron chi connectivity index (χ2n) is 3.47. The van der Waals surface area contributed by atoms with Gasteiger partial charge in [-0.2, -0.15) is 5.26 Å². The predicted molar refractivity (Wildman–Crippen MR) is 70.0 cm³/mol. The summed E-state index contributed by atoms with van der Waals surface area (Å²) in [4.78, 5) is 0. The largest absolute Gasteiger partial charge is 0.411 e. The third-order valence-electron chi connectivity index (χ3n) is 2.41. The normalized spacial score (nSPS) is 13.1. The van der Waals surface area contributed by atoms with Gasteiger partial charge in [0.05, 0.1) is 24.4 Å². The minimum atomic E-state index is -0.224. The average molecular weight is 296 g/mol. The van der Waals surface area contributed by atoms with Gasteiger partial charge in [0.15, 0.2) is 0 Å². The van der Waals surface area contributed by atoms with Crippen molar-refractivity contribution in [2.45, 2.75) is 19.4 Å². The maximum atomic E-state index is 8.97. The highest BCUT2D eigenvalue weighted by Crippen LogP contribution is 2.19. The highest BCUT2D eigenvalue weighted by atomic mass is 79.9. The fourth-order valence-electron chi connectivity index (χ4n) is 1.56. The molecule has 17 heavy (non-hydrogen) atoms. The summed E-state index contributed by atoms with van der Waals surface area (Å²) in [5.74, 6) is 0. The van der Waals surface area contributed by atoms with E-state index in [1.54, 1.807) is 0 Å². The van der Waals surface area contributed by atoms with Gasteiger partial charge in [-0.15, -0.1) is 0 Å². The molecule has 1 aromatic rings. The number of halogens is 1. The van der Waals surface area contributed by atoms with Crippen LogP contribution in [0.3, 0.4) is 0 Å². The fourth-order valence-corrected chi connectivity index (χ4v) is 1.83. The van der Waals surface area contributed by atoms with Crippen LogP contribution in [0.4, 0.5) is 0 Å². The van der Waals surface area contributed by atoms with E-state index in [1.165, 1.54) is 0 Å². The van der Waals surface area contributed by atoms with Gasteiger partial charge in [0.1, 0.15) is 0 Å². The predicted octanol–water partition coefficient (Wildman–Crippen LogP) is 2.84. The zero-order valence-corrected chi connectivity index (χ0v) is 11.1. The molecule has 0 saturated carbocycles. The van der Waals surface area contributed by atoms with Gasteiger partial charge >= 0.3 is 0 Å². The molecule has 0 aromatic heterocycles. The Morgan fingerprint density at radius 1 is 1.53 bits per heavy atom. The van der Waals surface area contributed by atoms with Crippen LogP contribution in [-0.2, 0) is 0 Å². The number of benzene rings is 1. The summed E-state index contributed by atoms with van der Waals surface area (Å²) in [6, 6.07) is 9.50. The lowest BCUT2D eigenvalue weighted by Gasteiger charge is -2.18. The highest BCUT2D eigenvalue weighted by Gasteiger charge is 2.16. The number of oxime groups is 1. The quantitative estimate of drug-likeness (QED) is 0.380. The van der Waals surface area contributed by atoms with Gasteiger partial charge in [-0.25, -0.2) is 0 Å². The van der Waals surface area contributed by atoms with E-state index in [2.05, 4.69) is 26.4 Å². The van der Waals surface area contributed by atoms with Crippen LogP contribution in [0.2, 0.25) is 0 Å². The van der Waals surface area contributed by atoms with E-state index < -0.39 is 0 Å². The summed E-state index contributed by atoms with van der Waals surface area (Å²) in [5.41, 5.74) is 1.58.